The first-order chi connectivity index (χ1) is 9.38. The van der Waals surface area contributed by atoms with Gasteiger partial charge in [0.25, 0.3) is 0 Å². The first-order valence-corrected chi connectivity index (χ1v) is 6.72. The second kappa shape index (κ2) is 6.01. The predicted molar refractivity (Wildman–Crippen MR) is 71.3 cm³/mol. The molecule has 2 nitrogen and oxygen atoms in total. The number of halogens is 4. The number of furan rings is 1. The molecule has 0 bridgehead atoms. The molecule has 2 aromatic rings. The third kappa shape index (κ3) is 3.64. The Kier molecular flexibility index (Phi) is 4.55. The molecule has 1 N–H and O–H groups in total. The quantitative estimate of drug-likeness (QED) is 0.886. The molecule has 6 heteroatoms. The van der Waals surface area contributed by atoms with Gasteiger partial charge in [0.2, 0.25) is 0 Å². The fraction of sp³-hybridized carbons (Fsp3) is 0.286. The van der Waals surface area contributed by atoms with Crippen molar-refractivity contribution in [2.75, 3.05) is 0 Å². The normalized spacial score (nSPS) is 13.4. The van der Waals surface area contributed by atoms with E-state index in [9.17, 15) is 18.3 Å². The van der Waals surface area contributed by atoms with E-state index in [1.807, 2.05) is 0 Å². The molecule has 0 saturated heterocycles. The van der Waals surface area contributed by atoms with Gasteiger partial charge in [-0.25, -0.2) is 0 Å². The van der Waals surface area contributed by atoms with Gasteiger partial charge in [-0.2, -0.15) is 13.2 Å². The zero-order chi connectivity index (χ0) is 14.8. The summed E-state index contributed by atoms with van der Waals surface area (Å²) in [7, 11) is 0. The third-order valence-corrected chi connectivity index (χ3v) is 3.42. The Labute approximate surface area is 122 Å². The van der Waals surface area contributed by atoms with E-state index in [1.165, 1.54) is 18.4 Å². The first kappa shape index (κ1) is 15.1. The van der Waals surface area contributed by atoms with E-state index < -0.39 is 12.3 Å². The van der Waals surface area contributed by atoms with Crippen LogP contribution >= 0.6 is 15.9 Å². The predicted octanol–water partition coefficient (Wildman–Crippen LogP) is 4.42. The van der Waals surface area contributed by atoms with Gasteiger partial charge in [-0.15, -0.1) is 0 Å². The van der Waals surface area contributed by atoms with E-state index in [4.69, 9.17) is 4.42 Å². The summed E-state index contributed by atoms with van der Waals surface area (Å²) in [4.78, 5) is 0. The Morgan fingerprint density at radius 1 is 1.20 bits per heavy atom. The number of hydrogen-bond donors (Lipinski definition) is 1. The first-order valence-electron chi connectivity index (χ1n) is 5.93. The Morgan fingerprint density at radius 2 is 1.95 bits per heavy atom. The lowest BCUT2D eigenvalue weighted by atomic mass is 9.98. The lowest BCUT2D eigenvalue weighted by molar-refractivity contribution is -0.207. The zero-order valence-corrected chi connectivity index (χ0v) is 11.9. The molecule has 0 amide bonds. The molecule has 1 unspecified atom stereocenters. The molecule has 2 rings (SSSR count). The molecule has 1 heterocycles. The maximum Gasteiger partial charge on any atom is 0.418 e. The van der Waals surface area contributed by atoms with Gasteiger partial charge in [0, 0.05) is 10.9 Å². The van der Waals surface area contributed by atoms with Crippen LogP contribution in [0.2, 0.25) is 0 Å². The van der Waals surface area contributed by atoms with Crippen molar-refractivity contribution in [3.8, 4) is 0 Å². The van der Waals surface area contributed by atoms with Crippen LogP contribution in [0.3, 0.4) is 0 Å². The maximum absolute atomic E-state index is 12.6. The van der Waals surface area contributed by atoms with E-state index >= 15 is 0 Å². The maximum atomic E-state index is 12.6. The minimum Gasteiger partial charge on any atom is -0.469 e. The van der Waals surface area contributed by atoms with Crippen molar-refractivity contribution >= 4 is 15.9 Å². The van der Waals surface area contributed by atoms with E-state index in [-0.39, 0.29) is 5.56 Å². The van der Waals surface area contributed by atoms with Crippen LogP contribution in [0.25, 0.3) is 0 Å². The Morgan fingerprint density at radius 3 is 2.55 bits per heavy atom. The summed E-state index contributed by atoms with van der Waals surface area (Å²) in [5.74, 6) is 0.692. The smallest absolute Gasteiger partial charge is 0.418 e. The van der Waals surface area contributed by atoms with Crippen molar-refractivity contribution in [2.45, 2.75) is 25.1 Å². The molecule has 1 aromatic carbocycles. The molecule has 0 radical (unpaired) electrons. The average molecular weight is 349 g/mol. The summed E-state index contributed by atoms with van der Waals surface area (Å²) in [5, 5.41) is 9.42. The van der Waals surface area contributed by atoms with Crippen molar-refractivity contribution < 1.29 is 22.7 Å². The van der Waals surface area contributed by atoms with Gasteiger partial charge in [0.1, 0.15) is 5.76 Å². The number of hydrogen-bond acceptors (Lipinski definition) is 2. The van der Waals surface area contributed by atoms with Gasteiger partial charge in [-0.3, -0.25) is 0 Å². The number of aliphatic hydroxyl groups is 1. The van der Waals surface area contributed by atoms with Gasteiger partial charge < -0.3 is 9.52 Å². The summed E-state index contributed by atoms with van der Waals surface area (Å²) in [5.41, 5.74) is 0.327. The molecule has 0 aliphatic heterocycles. The lowest BCUT2D eigenvalue weighted by Crippen LogP contribution is -2.21. The molecule has 0 saturated carbocycles. The number of alkyl halides is 3. The van der Waals surface area contributed by atoms with Crippen LogP contribution in [0.4, 0.5) is 13.2 Å². The summed E-state index contributed by atoms with van der Waals surface area (Å²) in [6.45, 7) is 0. The van der Waals surface area contributed by atoms with Crippen LogP contribution < -0.4 is 0 Å². The third-order valence-electron chi connectivity index (χ3n) is 2.93. The van der Waals surface area contributed by atoms with Crippen molar-refractivity contribution in [3.05, 3.63) is 58.0 Å². The lowest BCUT2D eigenvalue weighted by Gasteiger charge is -2.18. The molecule has 0 aliphatic carbocycles. The van der Waals surface area contributed by atoms with Crippen molar-refractivity contribution in [1.82, 2.24) is 0 Å². The van der Waals surface area contributed by atoms with Crippen LogP contribution in [0, 0.1) is 0 Å². The van der Waals surface area contributed by atoms with E-state index in [1.54, 1.807) is 18.2 Å². The average Bonchev–Trinajstić information content (AvgIpc) is 2.87. The molecule has 0 spiro atoms. The second-order valence-electron chi connectivity index (χ2n) is 4.37. The highest BCUT2D eigenvalue weighted by Gasteiger charge is 2.40. The fourth-order valence-corrected chi connectivity index (χ4v) is 2.36. The van der Waals surface area contributed by atoms with E-state index in [0.29, 0.717) is 28.6 Å². The van der Waals surface area contributed by atoms with Crippen LogP contribution in [-0.4, -0.2) is 11.3 Å². The molecular weight excluding hydrogens is 337 g/mol. The monoisotopic (exact) mass is 348 g/mol. The zero-order valence-electron chi connectivity index (χ0n) is 10.3. The highest BCUT2D eigenvalue weighted by atomic mass is 79.9. The van der Waals surface area contributed by atoms with Crippen molar-refractivity contribution in [3.63, 3.8) is 0 Å². The Bertz CT molecular complexity index is 564. The van der Waals surface area contributed by atoms with Crippen LogP contribution in [0.15, 0.2) is 45.5 Å². The van der Waals surface area contributed by atoms with Gasteiger partial charge in [0.15, 0.2) is 6.10 Å². The summed E-state index contributed by atoms with van der Waals surface area (Å²) in [6, 6.07) is 7.85. The Balaban J connectivity index is 2.24. The molecule has 1 atom stereocenters. The number of aryl methyl sites for hydroxylation is 2. The van der Waals surface area contributed by atoms with Gasteiger partial charge in [0.05, 0.1) is 6.26 Å². The number of benzene rings is 1. The molecule has 1 aromatic heterocycles. The minimum absolute atomic E-state index is 0.118. The van der Waals surface area contributed by atoms with Gasteiger partial charge in [-0.1, -0.05) is 22.0 Å². The van der Waals surface area contributed by atoms with Gasteiger partial charge in [-0.05, 0) is 41.8 Å². The van der Waals surface area contributed by atoms with Crippen LogP contribution in [0.1, 0.15) is 23.0 Å². The topological polar surface area (TPSA) is 33.4 Å². The largest absolute Gasteiger partial charge is 0.469 e. The molecule has 108 valence electrons. The summed E-state index contributed by atoms with van der Waals surface area (Å²) < 4.78 is 43.8. The van der Waals surface area contributed by atoms with Crippen LogP contribution in [0.5, 0.6) is 0 Å². The summed E-state index contributed by atoms with van der Waals surface area (Å²) >= 11 is 3.23. The highest BCUT2D eigenvalue weighted by molar-refractivity contribution is 9.10. The molecule has 20 heavy (non-hydrogen) atoms. The molecule has 0 aliphatic rings. The number of rotatable bonds is 4. The molecular formula is C14H12BrF3O2. The SMILES string of the molecule is OC(c1ccc(Br)cc1CCc1ccco1)C(F)(F)F. The molecule has 0 fully saturated rings. The van der Waals surface area contributed by atoms with Gasteiger partial charge >= 0.3 is 6.18 Å². The Hall–Kier alpha value is -1.27. The van der Waals surface area contributed by atoms with E-state index in [0.717, 1.165) is 0 Å². The second-order valence-corrected chi connectivity index (χ2v) is 5.28. The fourth-order valence-electron chi connectivity index (χ4n) is 1.95. The van der Waals surface area contributed by atoms with E-state index in [2.05, 4.69) is 15.9 Å². The standard InChI is InChI=1S/C14H12BrF3O2/c15-10-4-6-12(13(19)14(16,17)18)9(8-10)3-5-11-2-1-7-20-11/h1-2,4,6-8,13,19H,3,5H2. The van der Waals surface area contributed by atoms with Crippen LogP contribution in [-0.2, 0) is 12.8 Å². The van der Waals surface area contributed by atoms with Crippen molar-refractivity contribution in [1.29, 1.82) is 0 Å². The van der Waals surface area contributed by atoms with Crippen molar-refractivity contribution in [2.24, 2.45) is 0 Å². The minimum atomic E-state index is -4.67. The highest BCUT2D eigenvalue weighted by Crippen LogP contribution is 2.35. The number of aliphatic hydroxyl groups excluding tert-OH is 1. The summed E-state index contributed by atoms with van der Waals surface area (Å²) in [6.07, 6.45) is -4.80.